The molecule has 0 spiro atoms. The lowest BCUT2D eigenvalue weighted by Gasteiger charge is -2.07. The van der Waals surface area contributed by atoms with Crippen molar-refractivity contribution in [1.82, 2.24) is 20.0 Å². The molecule has 2 heterocycles. The molecule has 0 radical (unpaired) electrons. The Bertz CT molecular complexity index is 1250. The van der Waals surface area contributed by atoms with Gasteiger partial charge in [-0.3, -0.25) is 25.0 Å². The minimum atomic E-state index is -0.520. The molecule has 28 heavy (non-hydrogen) atoms. The van der Waals surface area contributed by atoms with Crippen LogP contribution in [0.2, 0.25) is 0 Å². The first-order valence-corrected chi connectivity index (χ1v) is 8.76. The van der Waals surface area contributed by atoms with Crippen LogP contribution >= 0.6 is 0 Å². The summed E-state index contributed by atoms with van der Waals surface area (Å²) in [5, 5.41) is 0.799. The average Bonchev–Trinajstić information content (AvgIpc) is 3.21. The summed E-state index contributed by atoms with van der Waals surface area (Å²) in [7, 11) is 1.85. The fourth-order valence-corrected chi connectivity index (χ4v) is 3.22. The lowest BCUT2D eigenvalue weighted by molar-refractivity contribution is -0.122. The minimum Gasteiger partial charge on any atom is -0.408 e. The highest BCUT2D eigenvalue weighted by molar-refractivity contribution is 6.07. The van der Waals surface area contributed by atoms with Crippen molar-refractivity contribution < 1.29 is 14.0 Å². The Hall–Kier alpha value is -3.81. The van der Waals surface area contributed by atoms with Crippen molar-refractivity contribution in [3.8, 4) is 0 Å². The van der Waals surface area contributed by atoms with Gasteiger partial charge in [-0.1, -0.05) is 30.3 Å². The molecule has 8 heteroatoms. The molecular formula is C20H18N4O4. The van der Waals surface area contributed by atoms with Gasteiger partial charge in [-0.05, 0) is 18.2 Å². The first-order chi connectivity index (χ1) is 13.5. The van der Waals surface area contributed by atoms with Crippen molar-refractivity contribution in [1.29, 1.82) is 0 Å². The summed E-state index contributed by atoms with van der Waals surface area (Å²) in [4.78, 5) is 36.5. The van der Waals surface area contributed by atoms with Crippen LogP contribution in [0.4, 0.5) is 0 Å². The molecule has 4 rings (SSSR count). The van der Waals surface area contributed by atoms with Crippen LogP contribution in [0.3, 0.4) is 0 Å². The van der Waals surface area contributed by atoms with E-state index in [9.17, 15) is 14.4 Å². The van der Waals surface area contributed by atoms with E-state index in [-0.39, 0.29) is 13.0 Å². The van der Waals surface area contributed by atoms with E-state index in [1.165, 1.54) is 4.57 Å². The van der Waals surface area contributed by atoms with Gasteiger partial charge < -0.3 is 8.98 Å². The molecule has 0 aliphatic heterocycles. The smallest absolute Gasteiger partial charge is 0.408 e. The number of oxazole rings is 1. The number of rotatable bonds is 4. The van der Waals surface area contributed by atoms with E-state index in [0.717, 1.165) is 10.9 Å². The summed E-state index contributed by atoms with van der Waals surface area (Å²) in [6.07, 6.45) is 1.72. The maximum atomic E-state index is 12.4. The van der Waals surface area contributed by atoms with Crippen molar-refractivity contribution in [3.63, 3.8) is 0 Å². The largest absolute Gasteiger partial charge is 0.419 e. The third-order valence-corrected chi connectivity index (χ3v) is 4.59. The van der Waals surface area contributed by atoms with Crippen LogP contribution in [-0.2, 0) is 18.4 Å². The van der Waals surface area contributed by atoms with Crippen LogP contribution in [0.1, 0.15) is 16.8 Å². The molecule has 4 aromatic rings. The molecule has 0 saturated carbocycles. The molecule has 2 amide bonds. The number of hydrazine groups is 1. The first kappa shape index (κ1) is 17.6. The number of nitrogens with zero attached hydrogens (tertiary/aromatic N) is 2. The van der Waals surface area contributed by atoms with E-state index < -0.39 is 17.6 Å². The van der Waals surface area contributed by atoms with Crippen molar-refractivity contribution in [2.24, 2.45) is 7.05 Å². The molecule has 142 valence electrons. The number of nitrogens with one attached hydrogen (secondary N) is 2. The molecule has 0 saturated heterocycles. The quantitative estimate of drug-likeness (QED) is 0.530. The Balaban J connectivity index is 1.39. The third-order valence-electron chi connectivity index (χ3n) is 4.59. The van der Waals surface area contributed by atoms with E-state index in [1.807, 2.05) is 35.9 Å². The molecule has 0 fully saturated rings. The fourth-order valence-electron chi connectivity index (χ4n) is 3.22. The van der Waals surface area contributed by atoms with Gasteiger partial charge in [0, 0.05) is 37.1 Å². The molecular weight excluding hydrogens is 360 g/mol. The summed E-state index contributed by atoms with van der Waals surface area (Å²) >= 11 is 0. The average molecular weight is 378 g/mol. The lowest BCUT2D eigenvalue weighted by Crippen LogP contribution is -2.42. The second-order valence-electron chi connectivity index (χ2n) is 6.41. The summed E-state index contributed by atoms with van der Waals surface area (Å²) in [6.45, 7) is 0.145. The molecule has 2 aromatic heterocycles. The van der Waals surface area contributed by atoms with E-state index in [4.69, 9.17) is 4.42 Å². The molecule has 0 atom stereocenters. The number of hydrogen-bond donors (Lipinski definition) is 2. The van der Waals surface area contributed by atoms with Crippen LogP contribution in [-0.4, -0.2) is 20.9 Å². The molecule has 8 nitrogen and oxygen atoms in total. The summed E-state index contributed by atoms with van der Waals surface area (Å²) < 4.78 is 8.37. The highest BCUT2D eigenvalue weighted by Crippen LogP contribution is 2.19. The van der Waals surface area contributed by atoms with Crippen LogP contribution in [0.15, 0.2) is 63.9 Å². The highest BCUT2D eigenvalue weighted by atomic mass is 16.4. The van der Waals surface area contributed by atoms with Gasteiger partial charge in [0.05, 0.1) is 11.1 Å². The fraction of sp³-hybridized carbons (Fsp3) is 0.150. The van der Waals surface area contributed by atoms with E-state index in [0.29, 0.717) is 16.7 Å². The van der Waals surface area contributed by atoms with Gasteiger partial charge in [-0.15, -0.1) is 0 Å². The zero-order valence-corrected chi connectivity index (χ0v) is 15.1. The number of amides is 2. The SMILES string of the molecule is Cn1cc(C(=O)NNC(=O)CCn2c(=O)oc3ccccc32)c2ccccc21. The summed E-state index contributed by atoms with van der Waals surface area (Å²) in [6, 6.07) is 14.5. The molecule has 0 unspecified atom stereocenters. The maximum absolute atomic E-state index is 12.4. The predicted octanol–water partition coefficient (Wildman–Crippen LogP) is 1.94. The Labute approximate surface area is 159 Å². The number of fused-ring (bicyclic) bond motifs is 2. The topological polar surface area (TPSA) is 98.3 Å². The van der Waals surface area contributed by atoms with E-state index in [2.05, 4.69) is 10.9 Å². The Kier molecular flexibility index (Phi) is 4.44. The number of carbonyl (C=O) groups is 2. The third kappa shape index (κ3) is 3.16. The zero-order chi connectivity index (χ0) is 19.7. The lowest BCUT2D eigenvalue weighted by atomic mass is 10.2. The number of carbonyl (C=O) groups excluding carboxylic acids is 2. The number of aromatic nitrogens is 2. The Morgan fingerprint density at radius 1 is 1.00 bits per heavy atom. The van der Waals surface area contributed by atoms with Gasteiger partial charge in [0.15, 0.2) is 5.58 Å². The van der Waals surface area contributed by atoms with Crippen LogP contribution in [0, 0.1) is 0 Å². The van der Waals surface area contributed by atoms with E-state index >= 15 is 0 Å². The minimum absolute atomic E-state index is 0.0131. The molecule has 0 aliphatic rings. The monoisotopic (exact) mass is 378 g/mol. The van der Waals surface area contributed by atoms with Crippen molar-refractivity contribution in [2.45, 2.75) is 13.0 Å². The number of para-hydroxylation sites is 3. The van der Waals surface area contributed by atoms with Crippen LogP contribution < -0.4 is 16.6 Å². The molecule has 0 aliphatic carbocycles. The number of benzene rings is 2. The predicted molar refractivity (Wildman–Crippen MR) is 104 cm³/mol. The Morgan fingerprint density at radius 3 is 2.54 bits per heavy atom. The van der Waals surface area contributed by atoms with Crippen molar-refractivity contribution >= 4 is 33.8 Å². The second kappa shape index (κ2) is 7.07. The van der Waals surface area contributed by atoms with Gasteiger partial charge in [0.2, 0.25) is 5.91 Å². The summed E-state index contributed by atoms with van der Waals surface area (Å²) in [5.41, 5.74) is 7.30. The van der Waals surface area contributed by atoms with Gasteiger partial charge in [0.25, 0.3) is 5.91 Å². The van der Waals surface area contributed by atoms with E-state index in [1.54, 1.807) is 30.5 Å². The Morgan fingerprint density at radius 2 is 1.71 bits per heavy atom. The van der Waals surface area contributed by atoms with Crippen LogP contribution in [0.25, 0.3) is 22.0 Å². The van der Waals surface area contributed by atoms with Gasteiger partial charge in [0.1, 0.15) is 0 Å². The maximum Gasteiger partial charge on any atom is 0.419 e. The second-order valence-corrected chi connectivity index (χ2v) is 6.41. The van der Waals surface area contributed by atoms with Crippen LogP contribution in [0.5, 0.6) is 0 Å². The normalized spacial score (nSPS) is 11.0. The van der Waals surface area contributed by atoms with Crippen molar-refractivity contribution in [2.75, 3.05) is 0 Å². The standard InChI is InChI=1S/C20H18N4O4/c1-23-12-14(13-6-2-3-7-15(13)23)19(26)22-21-18(25)10-11-24-16-8-4-5-9-17(16)28-20(24)27/h2-9,12H,10-11H2,1H3,(H,21,25)(H,22,26). The zero-order valence-electron chi connectivity index (χ0n) is 15.1. The van der Waals surface area contributed by atoms with Crippen molar-refractivity contribution in [3.05, 3.63) is 70.8 Å². The van der Waals surface area contributed by atoms with Gasteiger partial charge >= 0.3 is 5.76 Å². The highest BCUT2D eigenvalue weighted by Gasteiger charge is 2.15. The van der Waals surface area contributed by atoms with Gasteiger partial charge in [-0.2, -0.15) is 0 Å². The van der Waals surface area contributed by atoms with Gasteiger partial charge in [-0.25, -0.2) is 4.79 Å². The first-order valence-electron chi connectivity index (χ1n) is 8.76. The molecule has 2 aromatic carbocycles. The number of aryl methyl sites for hydroxylation is 2. The molecule has 0 bridgehead atoms. The number of hydrogen-bond acceptors (Lipinski definition) is 4. The summed E-state index contributed by atoms with van der Waals surface area (Å²) in [5.74, 6) is -1.34. The molecule has 2 N–H and O–H groups in total.